The first-order chi connectivity index (χ1) is 10.9. The molecule has 2 aromatic carbocycles. The first kappa shape index (κ1) is 15.7. The van der Waals surface area contributed by atoms with E-state index in [0.717, 1.165) is 5.56 Å². The molecule has 0 radical (unpaired) electrons. The summed E-state index contributed by atoms with van der Waals surface area (Å²) in [7, 11) is 0. The highest BCUT2D eigenvalue weighted by Crippen LogP contribution is 2.37. The van der Waals surface area contributed by atoms with Crippen LogP contribution in [0.3, 0.4) is 0 Å². The summed E-state index contributed by atoms with van der Waals surface area (Å²) in [5.41, 5.74) is 1.16. The summed E-state index contributed by atoms with van der Waals surface area (Å²) < 4.78 is 0. The Morgan fingerprint density at radius 1 is 1.17 bits per heavy atom. The average molecular weight is 329 g/mol. The molecule has 5 heteroatoms. The second kappa shape index (κ2) is 5.80. The summed E-state index contributed by atoms with van der Waals surface area (Å²) in [6.07, 6.45) is 0.270. The lowest BCUT2D eigenvalue weighted by molar-refractivity contribution is -0.0765. The molecule has 0 saturated carbocycles. The van der Waals surface area contributed by atoms with E-state index in [2.05, 4.69) is 5.10 Å². The number of hydrazone groups is 1. The molecule has 23 heavy (non-hydrogen) atoms. The highest BCUT2D eigenvalue weighted by Gasteiger charge is 2.45. The summed E-state index contributed by atoms with van der Waals surface area (Å²) in [4.78, 5) is 12.9. The molecule has 1 amide bonds. The van der Waals surface area contributed by atoms with Gasteiger partial charge in [0, 0.05) is 28.3 Å². The van der Waals surface area contributed by atoms with Crippen LogP contribution in [-0.4, -0.2) is 21.7 Å². The van der Waals surface area contributed by atoms with Gasteiger partial charge in [-0.05, 0) is 37.6 Å². The number of hydrogen-bond donors (Lipinski definition) is 1. The van der Waals surface area contributed by atoms with Gasteiger partial charge in [-0.3, -0.25) is 4.79 Å². The van der Waals surface area contributed by atoms with Crippen LogP contribution in [0.15, 0.2) is 53.6 Å². The van der Waals surface area contributed by atoms with Crippen molar-refractivity contribution in [3.05, 3.63) is 70.2 Å². The van der Waals surface area contributed by atoms with Crippen molar-refractivity contribution in [2.75, 3.05) is 0 Å². The fourth-order valence-corrected chi connectivity index (χ4v) is 2.93. The molecule has 3 rings (SSSR count). The van der Waals surface area contributed by atoms with Gasteiger partial charge in [-0.1, -0.05) is 41.9 Å². The molecule has 0 aliphatic carbocycles. The van der Waals surface area contributed by atoms with E-state index < -0.39 is 5.72 Å². The van der Waals surface area contributed by atoms with Crippen molar-refractivity contribution in [3.63, 3.8) is 0 Å². The molecule has 0 bridgehead atoms. The molecule has 2 aromatic rings. The van der Waals surface area contributed by atoms with E-state index in [9.17, 15) is 9.90 Å². The van der Waals surface area contributed by atoms with Gasteiger partial charge in [0.1, 0.15) is 0 Å². The van der Waals surface area contributed by atoms with Crippen molar-refractivity contribution < 1.29 is 9.90 Å². The standard InChI is InChI=1S/C18H17ClN2O2/c1-12-5-3-4-6-16(12)17(22)21-18(23,11-13(2)20-21)14-7-9-15(19)10-8-14/h3-10,23H,11H2,1-2H3/t18-/m0/s1. The van der Waals surface area contributed by atoms with Gasteiger partial charge in [0.05, 0.1) is 0 Å². The van der Waals surface area contributed by atoms with Crippen LogP contribution in [-0.2, 0) is 5.72 Å². The smallest absolute Gasteiger partial charge is 0.277 e. The Balaban J connectivity index is 2.03. The molecule has 1 aliphatic rings. The van der Waals surface area contributed by atoms with Crippen molar-refractivity contribution in [1.82, 2.24) is 5.01 Å². The largest absolute Gasteiger partial charge is 0.365 e. The topological polar surface area (TPSA) is 52.9 Å². The van der Waals surface area contributed by atoms with Crippen LogP contribution in [0.25, 0.3) is 0 Å². The van der Waals surface area contributed by atoms with Gasteiger partial charge in [0.15, 0.2) is 5.72 Å². The van der Waals surface area contributed by atoms with Crippen LogP contribution in [0.4, 0.5) is 0 Å². The Bertz CT molecular complexity index is 786. The highest BCUT2D eigenvalue weighted by molar-refractivity contribution is 6.30. The Morgan fingerprint density at radius 3 is 2.48 bits per heavy atom. The van der Waals surface area contributed by atoms with Gasteiger partial charge in [-0.2, -0.15) is 10.1 Å². The molecule has 1 N–H and O–H groups in total. The first-order valence-electron chi connectivity index (χ1n) is 7.34. The number of carbonyl (C=O) groups is 1. The third kappa shape index (κ3) is 2.76. The lowest BCUT2D eigenvalue weighted by Gasteiger charge is -2.32. The molecular formula is C18H17ClN2O2. The van der Waals surface area contributed by atoms with E-state index in [1.54, 1.807) is 43.3 Å². The van der Waals surface area contributed by atoms with Gasteiger partial charge in [0.25, 0.3) is 5.91 Å². The fraction of sp³-hybridized carbons (Fsp3) is 0.222. The molecule has 0 spiro atoms. The molecule has 0 aromatic heterocycles. The fourth-order valence-electron chi connectivity index (χ4n) is 2.80. The van der Waals surface area contributed by atoms with E-state index in [0.29, 0.717) is 21.9 Å². The SMILES string of the molecule is CC1=NN(C(=O)c2ccccc2C)[C@@](O)(c2ccc(Cl)cc2)C1. The second-order valence-electron chi connectivity index (χ2n) is 5.77. The minimum absolute atomic E-state index is 0.270. The molecule has 0 fully saturated rings. The lowest BCUT2D eigenvalue weighted by Crippen LogP contribution is -2.43. The molecule has 118 valence electrons. The number of rotatable bonds is 2. The van der Waals surface area contributed by atoms with E-state index in [1.807, 2.05) is 19.1 Å². The first-order valence-corrected chi connectivity index (χ1v) is 7.72. The minimum Gasteiger partial charge on any atom is -0.365 e. The van der Waals surface area contributed by atoms with Crippen molar-refractivity contribution in [1.29, 1.82) is 0 Å². The average Bonchev–Trinajstić information content (AvgIpc) is 2.83. The highest BCUT2D eigenvalue weighted by atomic mass is 35.5. The van der Waals surface area contributed by atoms with Crippen LogP contribution >= 0.6 is 11.6 Å². The van der Waals surface area contributed by atoms with Crippen LogP contribution in [0.1, 0.15) is 34.8 Å². The van der Waals surface area contributed by atoms with Crippen LogP contribution in [0, 0.1) is 6.92 Å². The van der Waals surface area contributed by atoms with Crippen LogP contribution < -0.4 is 0 Å². The summed E-state index contributed by atoms with van der Waals surface area (Å²) >= 11 is 5.92. The van der Waals surface area contributed by atoms with E-state index in [-0.39, 0.29) is 12.3 Å². The molecule has 0 unspecified atom stereocenters. The Kier molecular flexibility index (Phi) is 3.96. The van der Waals surface area contributed by atoms with Gasteiger partial charge in [0.2, 0.25) is 0 Å². The number of aliphatic hydroxyl groups is 1. The van der Waals surface area contributed by atoms with Crippen molar-refractivity contribution >= 4 is 23.2 Å². The number of benzene rings is 2. The van der Waals surface area contributed by atoms with E-state index in [1.165, 1.54) is 5.01 Å². The van der Waals surface area contributed by atoms with Gasteiger partial charge < -0.3 is 5.11 Å². The molecule has 1 heterocycles. The summed E-state index contributed by atoms with van der Waals surface area (Å²) in [5.74, 6) is -0.322. The van der Waals surface area contributed by atoms with Crippen LogP contribution in [0.5, 0.6) is 0 Å². The lowest BCUT2D eigenvalue weighted by atomic mass is 9.97. The zero-order chi connectivity index (χ0) is 16.6. The van der Waals surface area contributed by atoms with Crippen molar-refractivity contribution in [3.8, 4) is 0 Å². The number of aryl methyl sites for hydroxylation is 1. The quantitative estimate of drug-likeness (QED) is 0.913. The zero-order valence-electron chi connectivity index (χ0n) is 13.0. The maximum absolute atomic E-state index is 12.9. The summed E-state index contributed by atoms with van der Waals surface area (Å²) in [6.45, 7) is 3.66. The predicted octanol–water partition coefficient (Wildman–Crippen LogP) is 3.72. The normalized spacial score (nSPS) is 20.5. The number of hydrogen-bond acceptors (Lipinski definition) is 3. The Labute approximate surface area is 140 Å². The number of nitrogens with zero attached hydrogens (tertiary/aromatic N) is 2. The van der Waals surface area contributed by atoms with Crippen molar-refractivity contribution in [2.45, 2.75) is 26.0 Å². The summed E-state index contributed by atoms with van der Waals surface area (Å²) in [5, 5.41) is 17.2. The van der Waals surface area contributed by atoms with Crippen LogP contribution in [0.2, 0.25) is 5.02 Å². The Morgan fingerprint density at radius 2 is 1.83 bits per heavy atom. The number of halogens is 1. The number of carbonyl (C=O) groups excluding carboxylic acids is 1. The zero-order valence-corrected chi connectivity index (χ0v) is 13.7. The third-order valence-corrected chi connectivity index (χ3v) is 4.25. The Hall–Kier alpha value is -2.17. The minimum atomic E-state index is -1.49. The van der Waals surface area contributed by atoms with E-state index >= 15 is 0 Å². The summed E-state index contributed by atoms with van der Waals surface area (Å²) in [6, 6.07) is 14.1. The van der Waals surface area contributed by atoms with Crippen molar-refractivity contribution in [2.24, 2.45) is 5.10 Å². The maximum Gasteiger partial charge on any atom is 0.277 e. The molecule has 0 saturated heterocycles. The molecule has 1 aliphatic heterocycles. The molecule has 1 atom stereocenters. The maximum atomic E-state index is 12.9. The third-order valence-electron chi connectivity index (χ3n) is 4.00. The van der Waals surface area contributed by atoms with Gasteiger partial charge >= 0.3 is 0 Å². The van der Waals surface area contributed by atoms with Gasteiger partial charge in [-0.25, -0.2) is 0 Å². The van der Waals surface area contributed by atoms with Gasteiger partial charge in [-0.15, -0.1) is 0 Å². The monoisotopic (exact) mass is 328 g/mol. The predicted molar refractivity (Wildman–Crippen MR) is 90.4 cm³/mol. The van der Waals surface area contributed by atoms with E-state index in [4.69, 9.17) is 11.6 Å². The number of amides is 1. The molecule has 4 nitrogen and oxygen atoms in total. The molecular weight excluding hydrogens is 312 g/mol. The second-order valence-corrected chi connectivity index (χ2v) is 6.20.